The molecule has 1 nitrogen and oxygen atoms in total. The molecular formula is C10H13N. The lowest BCUT2D eigenvalue weighted by molar-refractivity contribution is 1.14. The molecule has 0 saturated carbocycles. The average molecular weight is 147 g/mol. The van der Waals surface area contributed by atoms with Crippen molar-refractivity contribution in [3.63, 3.8) is 0 Å². The predicted octanol–water partition coefficient (Wildman–Crippen LogP) is 2.52. The fourth-order valence-corrected chi connectivity index (χ4v) is 1.08. The third-order valence-electron chi connectivity index (χ3n) is 1.79. The topological polar surface area (TPSA) is 12.4 Å². The highest BCUT2D eigenvalue weighted by Gasteiger charge is 2.03. The number of hydrogen-bond donors (Lipinski definition) is 0. The van der Waals surface area contributed by atoms with Crippen LogP contribution in [0.3, 0.4) is 0 Å². The molecule has 58 valence electrons. The lowest BCUT2D eigenvalue weighted by atomic mass is 10.00. The van der Waals surface area contributed by atoms with Gasteiger partial charge in [0.25, 0.3) is 0 Å². The molecule has 0 aromatic carbocycles. The summed E-state index contributed by atoms with van der Waals surface area (Å²) >= 11 is 0. The molecule has 1 aliphatic carbocycles. The zero-order valence-electron chi connectivity index (χ0n) is 7.09. The number of allylic oxidation sites excluding steroid dienone is 5. The third-order valence-corrected chi connectivity index (χ3v) is 1.79. The summed E-state index contributed by atoms with van der Waals surface area (Å²) in [4.78, 5) is 4.08. The van der Waals surface area contributed by atoms with Crippen molar-refractivity contribution in [1.82, 2.24) is 0 Å². The highest BCUT2D eigenvalue weighted by atomic mass is 14.7. The quantitative estimate of drug-likeness (QED) is 0.540. The normalized spacial score (nSPS) is 20.7. The summed E-state index contributed by atoms with van der Waals surface area (Å²) < 4.78 is 0. The SMILES string of the molecule is C=C1C=C(CC)C=C/C1=N\C. The van der Waals surface area contributed by atoms with E-state index in [9.17, 15) is 0 Å². The van der Waals surface area contributed by atoms with Crippen LogP contribution in [0, 0.1) is 0 Å². The molecule has 0 aromatic rings. The van der Waals surface area contributed by atoms with E-state index in [4.69, 9.17) is 0 Å². The summed E-state index contributed by atoms with van der Waals surface area (Å²) in [6.45, 7) is 6.04. The predicted molar refractivity (Wildman–Crippen MR) is 50.0 cm³/mol. The minimum absolute atomic E-state index is 0.988. The molecule has 0 aromatic heterocycles. The van der Waals surface area contributed by atoms with E-state index in [1.54, 1.807) is 7.05 Å². The van der Waals surface area contributed by atoms with Gasteiger partial charge in [-0.15, -0.1) is 0 Å². The van der Waals surface area contributed by atoms with E-state index in [1.807, 2.05) is 6.08 Å². The first kappa shape index (κ1) is 7.99. The maximum absolute atomic E-state index is 4.08. The largest absolute Gasteiger partial charge is 0.288 e. The Hall–Kier alpha value is -1.11. The van der Waals surface area contributed by atoms with Crippen LogP contribution in [0.5, 0.6) is 0 Å². The molecule has 1 rings (SSSR count). The van der Waals surface area contributed by atoms with Crippen molar-refractivity contribution in [3.05, 3.63) is 36.0 Å². The van der Waals surface area contributed by atoms with E-state index in [1.165, 1.54) is 5.57 Å². The molecule has 0 fully saturated rings. The standard InChI is InChI=1S/C10H13N/c1-4-9-5-6-10(11-3)8(2)7-9/h5-7H,2,4H2,1,3H3/b11-10+. The van der Waals surface area contributed by atoms with Crippen molar-refractivity contribution < 1.29 is 0 Å². The molecule has 0 N–H and O–H groups in total. The highest BCUT2D eigenvalue weighted by Crippen LogP contribution is 2.14. The molecule has 0 amide bonds. The van der Waals surface area contributed by atoms with Crippen molar-refractivity contribution in [3.8, 4) is 0 Å². The molecule has 0 aliphatic heterocycles. The van der Waals surface area contributed by atoms with E-state index in [0.717, 1.165) is 17.7 Å². The second-order valence-corrected chi connectivity index (χ2v) is 2.54. The second-order valence-electron chi connectivity index (χ2n) is 2.54. The van der Waals surface area contributed by atoms with Crippen molar-refractivity contribution in [1.29, 1.82) is 0 Å². The van der Waals surface area contributed by atoms with Crippen LogP contribution in [0.25, 0.3) is 0 Å². The van der Waals surface area contributed by atoms with E-state index in [2.05, 4.69) is 30.6 Å². The van der Waals surface area contributed by atoms with Gasteiger partial charge in [0.1, 0.15) is 0 Å². The van der Waals surface area contributed by atoms with Gasteiger partial charge >= 0.3 is 0 Å². The average Bonchev–Trinajstić information content (AvgIpc) is 2.04. The van der Waals surface area contributed by atoms with Crippen molar-refractivity contribution in [2.45, 2.75) is 13.3 Å². The van der Waals surface area contributed by atoms with Crippen LogP contribution in [0.1, 0.15) is 13.3 Å². The van der Waals surface area contributed by atoms with Gasteiger partial charge in [-0.3, -0.25) is 4.99 Å². The summed E-state index contributed by atoms with van der Waals surface area (Å²) in [6, 6.07) is 0. The van der Waals surface area contributed by atoms with Crippen molar-refractivity contribution in [2.24, 2.45) is 4.99 Å². The van der Waals surface area contributed by atoms with Crippen LogP contribution in [-0.4, -0.2) is 12.8 Å². The Kier molecular flexibility index (Phi) is 2.42. The second kappa shape index (κ2) is 3.33. The van der Waals surface area contributed by atoms with Crippen molar-refractivity contribution in [2.75, 3.05) is 7.05 Å². The van der Waals surface area contributed by atoms with Gasteiger partial charge < -0.3 is 0 Å². The smallest absolute Gasteiger partial charge is 0.0637 e. The molecular weight excluding hydrogens is 134 g/mol. The summed E-state index contributed by atoms with van der Waals surface area (Å²) in [5.74, 6) is 0. The summed E-state index contributed by atoms with van der Waals surface area (Å²) in [6.07, 6.45) is 7.26. The summed E-state index contributed by atoms with van der Waals surface area (Å²) in [5.41, 5.74) is 3.33. The molecule has 1 aliphatic rings. The Labute approximate surface area is 67.8 Å². The number of hydrogen-bond acceptors (Lipinski definition) is 1. The first-order chi connectivity index (χ1) is 5.27. The maximum atomic E-state index is 4.08. The van der Waals surface area contributed by atoms with E-state index in [0.29, 0.717) is 0 Å². The minimum atomic E-state index is 0.988. The van der Waals surface area contributed by atoms with Gasteiger partial charge in [-0.05, 0) is 23.6 Å². The summed E-state index contributed by atoms with van der Waals surface area (Å²) in [7, 11) is 1.79. The van der Waals surface area contributed by atoms with Gasteiger partial charge in [0, 0.05) is 7.05 Å². The van der Waals surface area contributed by atoms with E-state index < -0.39 is 0 Å². The van der Waals surface area contributed by atoms with Gasteiger partial charge in [0.2, 0.25) is 0 Å². The van der Waals surface area contributed by atoms with Crippen LogP contribution in [0.2, 0.25) is 0 Å². The Morgan fingerprint density at radius 3 is 2.64 bits per heavy atom. The van der Waals surface area contributed by atoms with Crippen LogP contribution < -0.4 is 0 Å². The molecule has 11 heavy (non-hydrogen) atoms. The van der Waals surface area contributed by atoms with Gasteiger partial charge in [-0.25, -0.2) is 0 Å². The molecule has 0 bridgehead atoms. The van der Waals surface area contributed by atoms with Crippen LogP contribution in [0.4, 0.5) is 0 Å². The number of nitrogens with zero attached hydrogens (tertiary/aromatic N) is 1. The minimum Gasteiger partial charge on any atom is -0.288 e. The van der Waals surface area contributed by atoms with Gasteiger partial charge in [-0.1, -0.05) is 25.7 Å². The highest BCUT2D eigenvalue weighted by molar-refractivity contribution is 6.11. The first-order valence-corrected chi connectivity index (χ1v) is 3.82. The molecule has 0 atom stereocenters. The Bertz CT molecular complexity index is 254. The maximum Gasteiger partial charge on any atom is 0.0637 e. The fourth-order valence-electron chi connectivity index (χ4n) is 1.08. The summed E-state index contributed by atoms with van der Waals surface area (Å²) in [5, 5.41) is 0. The van der Waals surface area contributed by atoms with Crippen molar-refractivity contribution >= 4 is 5.71 Å². The van der Waals surface area contributed by atoms with Crippen LogP contribution in [0.15, 0.2) is 40.9 Å². The van der Waals surface area contributed by atoms with Crippen LogP contribution >= 0.6 is 0 Å². The van der Waals surface area contributed by atoms with Gasteiger partial charge in [0.05, 0.1) is 5.71 Å². The van der Waals surface area contributed by atoms with Crippen LogP contribution in [-0.2, 0) is 0 Å². The Morgan fingerprint density at radius 1 is 1.45 bits per heavy atom. The molecule has 1 heteroatoms. The molecule has 0 radical (unpaired) electrons. The zero-order chi connectivity index (χ0) is 8.27. The lowest BCUT2D eigenvalue weighted by Crippen LogP contribution is -2.00. The molecule has 0 saturated heterocycles. The van der Waals surface area contributed by atoms with E-state index in [-0.39, 0.29) is 0 Å². The third kappa shape index (κ3) is 1.67. The molecule has 0 unspecified atom stereocenters. The Morgan fingerprint density at radius 2 is 2.18 bits per heavy atom. The van der Waals surface area contributed by atoms with Gasteiger partial charge in [0.15, 0.2) is 0 Å². The number of aliphatic imine (C=N–C) groups is 1. The monoisotopic (exact) mass is 147 g/mol. The fraction of sp³-hybridized carbons (Fsp3) is 0.300. The lowest BCUT2D eigenvalue weighted by Gasteiger charge is -2.07. The first-order valence-electron chi connectivity index (χ1n) is 3.82. The van der Waals surface area contributed by atoms with Gasteiger partial charge in [-0.2, -0.15) is 0 Å². The van der Waals surface area contributed by atoms with E-state index >= 15 is 0 Å². The Balaban J connectivity index is 2.88. The molecule has 0 heterocycles. The number of rotatable bonds is 1. The zero-order valence-corrected chi connectivity index (χ0v) is 7.09. The molecule has 0 spiro atoms.